The van der Waals surface area contributed by atoms with E-state index in [2.05, 4.69) is 27.1 Å². The zero-order chi connectivity index (χ0) is 13.6. The SMILES string of the molecule is c1ccc(CCSCCc2nc3ccccc3[nH]2)nc1. The van der Waals surface area contributed by atoms with Crippen LogP contribution in [-0.4, -0.2) is 26.5 Å². The number of hydrogen-bond acceptors (Lipinski definition) is 3. The maximum Gasteiger partial charge on any atom is 0.108 e. The van der Waals surface area contributed by atoms with E-state index in [1.54, 1.807) is 0 Å². The van der Waals surface area contributed by atoms with Crippen molar-refractivity contribution < 1.29 is 0 Å². The molecule has 0 aliphatic carbocycles. The number of H-pyrrole nitrogens is 1. The normalized spacial score (nSPS) is 11.0. The smallest absolute Gasteiger partial charge is 0.108 e. The second kappa shape index (κ2) is 6.57. The number of para-hydroxylation sites is 2. The molecule has 0 saturated carbocycles. The molecule has 20 heavy (non-hydrogen) atoms. The number of fused-ring (bicyclic) bond motifs is 1. The molecule has 0 aliphatic rings. The highest BCUT2D eigenvalue weighted by Gasteiger charge is 2.01. The van der Waals surface area contributed by atoms with E-state index in [1.807, 2.05) is 48.3 Å². The van der Waals surface area contributed by atoms with E-state index in [1.165, 1.54) is 5.69 Å². The number of benzene rings is 1. The molecular formula is C16H17N3S. The van der Waals surface area contributed by atoms with Gasteiger partial charge in [-0.2, -0.15) is 11.8 Å². The fraction of sp³-hybridized carbons (Fsp3) is 0.250. The molecule has 0 bridgehead atoms. The number of rotatable bonds is 6. The minimum absolute atomic E-state index is 0.988. The Labute approximate surface area is 122 Å². The number of pyridine rings is 1. The number of aryl methyl sites for hydroxylation is 2. The molecule has 0 amide bonds. The largest absolute Gasteiger partial charge is 0.342 e. The van der Waals surface area contributed by atoms with Gasteiger partial charge in [0.05, 0.1) is 11.0 Å². The summed E-state index contributed by atoms with van der Waals surface area (Å²) in [7, 11) is 0. The molecule has 0 unspecified atom stereocenters. The van der Waals surface area contributed by atoms with Gasteiger partial charge in [0.15, 0.2) is 0 Å². The first-order valence-corrected chi connectivity index (χ1v) is 7.98. The summed E-state index contributed by atoms with van der Waals surface area (Å²) in [5.41, 5.74) is 3.35. The van der Waals surface area contributed by atoms with Crippen molar-refractivity contribution in [3.05, 3.63) is 60.2 Å². The van der Waals surface area contributed by atoms with Gasteiger partial charge in [0, 0.05) is 24.1 Å². The molecule has 2 aromatic heterocycles. The van der Waals surface area contributed by atoms with E-state index in [-0.39, 0.29) is 0 Å². The lowest BCUT2D eigenvalue weighted by atomic mass is 10.3. The summed E-state index contributed by atoms with van der Waals surface area (Å²) in [4.78, 5) is 12.3. The average molecular weight is 283 g/mol. The monoisotopic (exact) mass is 283 g/mol. The van der Waals surface area contributed by atoms with Gasteiger partial charge in [0.1, 0.15) is 5.82 Å². The zero-order valence-corrected chi connectivity index (χ0v) is 12.1. The molecule has 2 heterocycles. The first-order valence-electron chi connectivity index (χ1n) is 6.83. The molecule has 102 valence electrons. The van der Waals surface area contributed by atoms with E-state index in [9.17, 15) is 0 Å². The predicted molar refractivity (Wildman–Crippen MR) is 85.1 cm³/mol. The van der Waals surface area contributed by atoms with Gasteiger partial charge >= 0.3 is 0 Å². The van der Waals surface area contributed by atoms with Crippen molar-refractivity contribution in [2.24, 2.45) is 0 Å². The van der Waals surface area contributed by atoms with Gasteiger partial charge in [0.25, 0.3) is 0 Å². The third kappa shape index (κ3) is 3.39. The molecule has 0 fully saturated rings. The molecule has 0 spiro atoms. The molecular weight excluding hydrogens is 266 g/mol. The summed E-state index contributed by atoms with van der Waals surface area (Å²) in [5, 5.41) is 0. The Morgan fingerprint density at radius 3 is 2.65 bits per heavy atom. The number of nitrogens with one attached hydrogen (secondary N) is 1. The Balaban J connectivity index is 1.43. The highest BCUT2D eigenvalue weighted by molar-refractivity contribution is 7.99. The summed E-state index contributed by atoms with van der Waals surface area (Å²) in [6.07, 6.45) is 3.88. The van der Waals surface area contributed by atoms with Crippen molar-refractivity contribution in [3.63, 3.8) is 0 Å². The predicted octanol–water partition coefficient (Wildman–Crippen LogP) is 3.48. The van der Waals surface area contributed by atoms with Crippen molar-refractivity contribution in [3.8, 4) is 0 Å². The van der Waals surface area contributed by atoms with Crippen molar-refractivity contribution in [1.29, 1.82) is 0 Å². The van der Waals surface area contributed by atoms with Gasteiger partial charge in [-0.3, -0.25) is 4.98 Å². The van der Waals surface area contributed by atoms with Crippen LogP contribution in [0.1, 0.15) is 11.5 Å². The second-order valence-corrected chi connectivity index (χ2v) is 5.86. The topological polar surface area (TPSA) is 41.6 Å². The van der Waals surface area contributed by atoms with Crippen LogP contribution in [0.4, 0.5) is 0 Å². The Morgan fingerprint density at radius 1 is 0.950 bits per heavy atom. The standard InChI is InChI=1S/C16H17N3S/c1-2-7-15-14(6-1)18-16(19-15)9-12-20-11-8-13-5-3-4-10-17-13/h1-7,10H,8-9,11-12H2,(H,18,19). The summed E-state index contributed by atoms with van der Waals surface area (Å²) in [6.45, 7) is 0. The molecule has 3 rings (SSSR count). The summed E-state index contributed by atoms with van der Waals surface area (Å²) < 4.78 is 0. The van der Waals surface area contributed by atoms with Crippen molar-refractivity contribution in [2.75, 3.05) is 11.5 Å². The first kappa shape index (κ1) is 13.2. The quantitative estimate of drug-likeness (QED) is 0.704. The lowest BCUT2D eigenvalue weighted by Gasteiger charge is -2.00. The summed E-state index contributed by atoms with van der Waals surface area (Å²) in [6, 6.07) is 14.3. The third-order valence-electron chi connectivity index (χ3n) is 3.15. The third-order valence-corrected chi connectivity index (χ3v) is 4.14. The van der Waals surface area contributed by atoms with Crippen LogP contribution in [0.2, 0.25) is 0 Å². The van der Waals surface area contributed by atoms with Gasteiger partial charge in [-0.1, -0.05) is 18.2 Å². The van der Waals surface area contributed by atoms with E-state index >= 15 is 0 Å². The van der Waals surface area contributed by atoms with E-state index in [0.29, 0.717) is 0 Å². The van der Waals surface area contributed by atoms with Crippen molar-refractivity contribution in [2.45, 2.75) is 12.8 Å². The van der Waals surface area contributed by atoms with Crippen LogP contribution in [0.3, 0.4) is 0 Å². The van der Waals surface area contributed by atoms with Crippen LogP contribution in [0.25, 0.3) is 11.0 Å². The second-order valence-electron chi connectivity index (χ2n) is 4.63. The van der Waals surface area contributed by atoms with Crippen LogP contribution >= 0.6 is 11.8 Å². The van der Waals surface area contributed by atoms with Crippen molar-refractivity contribution in [1.82, 2.24) is 15.0 Å². The minimum atomic E-state index is 0.988. The van der Waals surface area contributed by atoms with Gasteiger partial charge in [0.2, 0.25) is 0 Å². The molecule has 0 radical (unpaired) electrons. The van der Waals surface area contributed by atoms with Crippen LogP contribution in [0, 0.1) is 0 Å². The molecule has 1 N–H and O–H groups in total. The molecule has 0 saturated heterocycles. The summed E-state index contributed by atoms with van der Waals surface area (Å²) in [5.74, 6) is 3.28. The number of nitrogens with zero attached hydrogens (tertiary/aromatic N) is 2. The van der Waals surface area contributed by atoms with E-state index in [4.69, 9.17) is 0 Å². The van der Waals surface area contributed by atoms with Gasteiger partial charge < -0.3 is 4.98 Å². The van der Waals surface area contributed by atoms with Crippen LogP contribution < -0.4 is 0 Å². The van der Waals surface area contributed by atoms with E-state index < -0.39 is 0 Å². The molecule has 0 atom stereocenters. The average Bonchev–Trinajstić information content (AvgIpc) is 2.90. The minimum Gasteiger partial charge on any atom is -0.342 e. The lowest BCUT2D eigenvalue weighted by Crippen LogP contribution is -1.95. The Hall–Kier alpha value is -1.81. The zero-order valence-electron chi connectivity index (χ0n) is 11.2. The highest BCUT2D eigenvalue weighted by Crippen LogP contribution is 2.12. The molecule has 3 nitrogen and oxygen atoms in total. The number of aromatic amines is 1. The fourth-order valence-corrected chi connectivity index (χ4v) is 3.01. The number of imidazole rings is 1. The fourth-order valence-electron chi connectivity index (χ4n) is 2.12. The Bertz CT molecular complexity index is 631. The van der Waals surface area contributed by atoms with Gasteiger partial charge in [-0.05, 0) is 36.4 Å². The number of hydrogen-bond donors (Lipinski definition) is 1. The summed E-state index contributed by atoms with van der Waals surface area (Å²) >= 11 is 1.95. The highest BCUT2D eigenvalue weighted by atomic mass is 32.2. The van der Waals surface area contributed by atoms with E-state index in [0.717, 1.165) is 41.2 Å². The van der Waals surface area contributed by atoms with Crippen molar-refractivity contribution >= 4 is 22.8 Å². The maximum absolute atomic E-state index is 4.59. The molecule has 0 aliphatic heterocycles. The molecule has 3 aromatic rings. The first-order chi connectivity index (χ1) is 9.92. The number of thioether (sulfide) groups is 1. The lowest BCUT2D eigenvalue weighted by molar-refractivity contribution is 1.00. The number of aromatic nitrogens is 3. The Kier molecular flexibility index (Phi) is 4.33. The van der Waals surface area contributed by atoms with Crippen LogP contribution in [0.15, 0.2) is 48.7 Å². The molecule has 1 aromatic carbocycles. The van der Waals surface area contributed by atoms with Crippen LogP contribution in [0.5, 0.6) is 0 Å². The van der Waals surface area contributed by atoms with Gasteiger partial charge in [-0.15, -0.1) is 0 Å². The van der Waals surface area contributed by atoms with Gasteiger partial charge in [-0.25, -0.2) is 4.98 Å². The van der Waals surface area contributed by atoms with Crippen LogP contribution in [-0.2, 0) is 12.8 Å². The molecule has 4 heteroatoms. The maximum atomic E-state index is 4.59. The Morgan fingerprint density at radius 2 is 1.80 bits per heavy atom.